The zero-order valence-corrected chi connectivity index (χ0v) is 12.2. The van der Waals surface area contributed by atoms with Crippen LogP contribution in [0.3, 0.4) is 0 Å². The molecule has 5 heteroatoms. The van der Waals surface area contributed by atoms with Crippen LogP contribution in [-0.2, 0) is 16.0 Å². The van der Waals surface area contributed by atoms with Crippen LogP contribution < -0.4 is 5.32 Å². The van der Waals surface area contributed by atoms with E-state index in [9.17, 15) is 9.59 Å². The van der Waals surface area contributed by atoms with Crippen molar-refractivity contribution < 1.29 is 9.59 Å². The molecule has 1 aromatic heterocycles. The second-order valence-electron chi connectivity index (χ2n) is 5.02. The van der Waals surface area contributed by atoms with Gasteiger partial charge in [-0.15, -0.1) is 11.3 Å². The highest BCUT2D eigenvalue weighted by atomic mass is 32.1. The van der Waals surface area contributed by atoms with E-state index in [4.69, 9.17) is 0 Å². The number of rotatable bonds is 5. The molecule has 4 nitrogen and oxygen atoms in total. The average molecular weight is 280 g/mol. The molecule has 0 saturated carbocycles. The van der Waals surface area contributed by atoms with E-state index in [2.05, 4.69) is 11.4 Å². The molecule has 2 heterocycles. The lowest BCUT2D eigenvalue weighted by Crippen LogP contribution is -2.60. The van der Waals surface area contributed by atoms with Gasteiger partial charge in [-0.1, -0.05) is 26.3 Å². The fraction of sp³-hybridized carbons (Fsp3) is 0.571. The van der Waals surface area contributed by atoms with Gasteiger partial charge >= 0.3 is 0 Å². The van der Waals surface area contributed by atoms with E-state index in [0.29, 0.717) is 6.54 Å². The first-order valence-electron chi connectivity index (χ1n) is 6.72. The number of carbonyl (C=O) groups excluding carboxylic acids is 2. The lowest BCUT2D eigenvalue weighted by molar-refractivity contribution is -0.145. The fourth-order valence-corrected chi connectivity index (χ4v) is 2.94. The van der Waals surface area contributed by atoms with Gasteiger partial charge in [-0.3, -0.25) is 9.59 Å². The molecule has 2 unspecified atom stereocenters. The van der Waals surface area contributed by atoms with Crippen molar-refractivity contribution in [3.8, 4) is 0 Å². The number of piperazine rings is 1. The molecule has 0 aromatic carbocycles. The van der Waals surface area contributed by atoms with E-state index in [1.165, 1.54) is 4.88 Å². The Morgan fingerprint density at radius 2 is 2.32 bits per heavy atom. The molecule has 1 N–H and O–H groups in total. The van der Waals surface area contributed by atoms with Crippen LogP contribution in [0.25, 0.3) is 0 Å². The summed E-state index contributed by atoms with van der Waals surface area (Å²) >= 11 is 1.69. The van der Waals surface area contributed by atoms with E-state index in [0.717, 1.165) is 12.8 Å². The largest absolute Gasteiger partial charge is 0.342 e. The minimum absolute atomic E-state index is 0.0453. The smallest absolute Gasteiger partial charge is 0.245 e. The normalized spacial score (nSPS) is 21.4. The maximum absolute atomic E-state index is 12.3. The zero-order valence-electron chi connectivity index (χ0n) is 11.4. The Hall–Kier alpha value is -1.36. The van der Waals surface area contributed by atoms with Crippen LogP contribution in [0.4, 0.5) is 0 Å². The zero-order chi connectivity index (χ0) is 13.8. The maximum Gasteiger partial charge on any atom is 0.245 e. The first-order valence-corrected chi connectivity index (χ1v) is 7.60. The van der Waals surface area contributed by atoms with Crippen molar-refractivity contribution in [2.75, 3.05) is 13.1 Å². The lowest BCUT2D eigenvalue weighted by Gasteiger charge is -2.35. The van der Waals surface area contributed by atoms with Crippen molar-refractivity contribution in [1.29, 1.82) is 0 Å². The summed E-state index contributed by atoms with van der Waals surface area (Å²) < 4.78 is 0. The topological polar surface area (TPSA) is 49.4 Å². The van der Waals surface area contributed by atoms with Gasteiger partial charge in [0.15, 0.2) is 0 Å². The Morgan fingerprint density at radius 1 is 1.53 bits per heavy atom. The summed E-state index contributed by atoms with van der Waals surface area (Å²) in [5.74, 6) is 0.197. The first kappa shape index (κ1) is 14.1. The Bertz CT molecular complexity index is 444. The third-order valence-corrected chi connectivity index (χ3v) is 4.59. The molecule has 0 aliphatic carbocycles. The van der Waals surface area contributed by atoms with Gasteiger partial charge in [-0.05, 0) is 23.8 Å². The van der Waals surface area contributed by atoms with Crippen LogP contribution in [-0.4, -0.2) is 35.8 Å². The van der Waals surface area contributed by atoms with Gasteiger partial charge in [0.1, 0.15) is 6.04 Å². The second kappa shape index (κ2) is 6.19. The minimum atomic E-state index is -0.352. The van der Waals surface area contributed by atoms with Crippen LogP contribution in [0.15, 0.2) is 17.5 Å². The van der Waals surface area contributed by atoms with Crippen LogP contribution >= 0.6 is 11.3 Å². The highest BCUT2D eigenvalue weighted by molar-refractivity contribution is 7.09. The van der Waals surface area contributed by atoms with Crippen molar-refractivity contribution in [1.82, 2.24) is 10.2 Å². The van der Waals surface area contributed by atoms with E-state index >= 15 is 0 Å². The van der Waals surface area contributed by atoms with Crippen molar-refractivity contribution in [3.05, 3.63) is 22.4 Å². The molecular formula is C14H20N2O2S. The average Bonchev–Trinajstić information content (AvgIpc) is 2.91. The van der Waals surface area contributed by atoms with E-state index in [-0.39, 0.29) is 30.3 Å². The lowest BCUT2D eigenvalue weighted by atomic mass is 9.96. The predicted octanol–water partition coefficient (Wildman–Crippen LogP) is 1.66. The SMILES string of the molecule is CCC(C)C1NC(=O)CN(CCc2cccs2)C1=O. The van der Waals surface area contributed by atoms with Gasteiger partial charge in [0.25, 0.3) is 0 Å². The summed E-state index contributed by atoms with van der Waals surface area (Å²) in [6, 6.07) is 3.72. The summed E-state index contributed by atoms with van der Waals surface area (Å²) in [6.07, 6.45) is 1.71. The number of hydrogen-bond donors (Lipinski definition) is 1. The van der Waals surface area contributed by atoms with E-state index in [1.807, 2.05) is 25.3 Å². The van der Waals surface area contributed by atoms with Crippen LogP contribution in [0.2, 0.25) is 0 Å². The number of nitrogens with zero attached hydrogens (tertiary/aromatic N) is 1. The molecule has 0 bridgehead atoms. The van der Waals surface area contributed by atoms with Crippen molar-refractivity contribution in [3.63, 3.8) is 0 Å². The Labute approximate surface area is 117 Å². The van der Waals surface area contributed by atoms with E-state index < -0.39 is 0 Å². The van der Waals surface area contributed by atoms with E-state index in [1.54, 1.807) is 16.2 Å². The summed E-state index contributed by atoms with van der Waals surface area (Å²) in [5, 5.41) is 4.84. The molecule has 19 heavy (non-hydrogen) atoms. The molecule has 2 amide bonds. The molecule has 0 spiro atoms. The molecule has 104 valence electrons. The number of thiophene rings is 1. The van der Waals surface area contributed by atoms with Gasteiger partial charge < -0.3 is 10.2 Å². The molecule has 2 atom stereocenters. The first-order chi connectivity index (χ1) is 9.11. The summed E-state index contributed by atoms with van der Waals surface area (Å²) in [6.45, 7) is 4.86. The van der Waals surface area contributed by atoms with Gasteiger partial charge in [-0.25, -0.2) is 0 Å². The Kier molecular flexibility index (Phi) is 4.58. The Morgan fingerprint density at radius 3 is 2.95 bits per heavy atom. The highest BCUT2D eigenvalue weighted by Gasteiger charge is 2.34. The van der Waals surface area contributed by atoms with Crippen molar-refractivity contribution >= 4 is 23.2 Å². The van der Waals surface area contributed by atoms with Crippen molar-refractivity contribution in [2.45, 2.75) is 32.7 Å². The summed E-state index contributed by atoms with van der Waals surface area (Å²) in [7, 11) is 0. The summed E-state index contributed by atoms with van der Waals surface area (Å²) in [4.78, 5) is 27.0. The molecule has 1 fully saturated rings. The van der Waals surface area contributed by atoms with Crippen LogP contribution in [0.1, 0.15) is 25.1 Å². The number of carbonyl (C=O) groups is 2. The van der Waals surface area contributed by atoms with Gasteiger partial charge in [0.2, 0.25) is 11.8 Å². The fourth-order valence-electron chi connectivity index (χ4n) is 2.24. The molecule has 1 aromatic rings. The minimum Gasteiger partial charge on any atom is -0.342 e. The standard InChI is InChI=1S/C14H20N2O2S/c1-3-10(2)13-14(18)16(9-12(17)15-13)7-6-11-5-4-8-19-11/h4-5,8,10,13H,3,6-7,9H2,1-2H3,(H,15,17). The molecule has 1 saturated heterocycles. The van der Waals surface area contributed by atoms with Gasteiger partial charge in [0, 0.05) is 11.4 Å². The third kappa shape index (κ3) is 3.35. The predicted molar refractivity (Wildman–Crippen MR) is 76.0 cm³/mol. The molecule has 1 aliphatic rings. The molecule has 0 radical (unpaired) electrons. The monoisotopic (exact) mass is 280 g/mol. The molecule has 1 aliphatic heterocycles. The summed E-state index contributed by atoms with van der Waals surface area (Å²) in [5.41, 5.74) is 0. The number of nitrogens with one attached hydrogen (secondary N) is 1. The Balaban J connectivity index is 1.99. The quantitative estimate of drug-likeness (QED) is 0.892. The van der Waals surface area contributed by atoms with Crippen LogP contribution in [0.5, 0.6) is 0 Å². The third-order valence-electron chi connectivity index (χ3n) is 3.65. The number of amides is 2. The number of hydrogen-bond acceptors (Lipinski definition) is 3. The highest BCUT2D eigenvalue weighted by Crippen LogP contribution is 2.16. The van der Waals surface area contributed by atoms with Gasteiger partial charge in [0.05, 0.1) is 6.54 Å². The molecular weight excluding hydrogens is 260 g/mol. The molecule has 2 rings (SSSR count). The second-order valence-corrected chi connectivity index (χ2v) is 6.05. The van der Waals surface area contributed by atoms with Crippen molar-refractivity contribution in [2.24, 2.45) is 5.92 Å². The maximum atomic E-state index is 12.3. The van der Waals surface area contributed by atoms with Gasteiger partial charge in [-0.2, -0.15) is 0 Å². The van der Waals surface area contributed by atoms with Crippen LogP contribution in [0, 0.1) is 5.92 Å².